The maximum atomic E-state index is 12.1. The summed E-state index contributed by atoms with van der Waals surface area (Å²) >= 11 is 0. The van der Waals surface area contributed by atoms with Crippen LogP contribution in [0.3, 0.4) is 0 Å². The number of alkyl carbamates (subject to hydrolysis) is 1. The highest BCUT2D eigenvalue weighted by atomic mass is 16.6. The Morgan fingerprint density at radius 1 is 1.22 bits per heavy atom. The molecule has 8 heteroatoms. The molecule has 1 amide bonds. The smallest absolute Gasteiger partial charge is 0.408 e. The summed E-state index contributed by atoms with van der Waals surface area (Å²) in [4.78, 5) is 37.5. The van der Waals surface area contributed by atoms with Crippen molar-refractivity contribution in [3.05, 3.63) is 35.9 Å². The Kier molecular flexibility index (Phi) is 6.43. The second-order valence-electron chi connectivity index (χ2n) is 7.62. The molecule has 1 fully saturated rings. The summed E-state index contributed by atoms with van der Waals surface area (Å²) in [7, 11) is 0. The molecule has 1 heterocycles. The first-order valence-electron chi connectivity index (χ1n) is 8.76. The molecule has 1 saturated heterocycles. The molecule has 2 rings (SSSR count). The maximum absolute atomic E-state index is 12.1. The fourth-order valence-electron chi connectivity index (χ4n) is 2.86. The van der Waals surface area contributed by atoms with Crippen molar-refractivity contribution in [3.63, 3.8) is 0 Å². The van der Waals surface area contributed by atoms with Gasteiger partial charge in [-0.1, -0.05) is 30.3 Å². The quantitative estimate of drug-likeness (QED) is 0.727. The van der Waals surface area contributed by atoms with Crippen LogP contribution in [0.4, 0.5) is 4.79 Å². The fraction of sp³-hybridized carbons (Fsp3) is 0.526. The molecular formula is C19H26N2O6. The summed E-state index contributed by atoms with van der Waals surface area (Å²) < 4.78 is 10.4. The van der Waals surface area contributed by atoms with Crippen molar-refractivity contribution in [3.8, 4) is 0 Å². The van der Waals surface area contributed by atoms with Crippen molar-refractivity contribution in [1.82, 2.24) is 10.2 Å². The van der Waals surface area contributed by atoms with Gasteiger partial charge in [0, 0.05) is 13.1 Å². The highest BCUT2D eigenvalue weighted by Gasteiger charge is 2.47. The van der Waals surface area contributed by atoms with Gasteiger partial charge in [0.15, 0.2) is 5.54 Å². The first kappa shape index (κ1) is 20.7. The number of hydrogen-bond acceptors (Lipinski definition) is 6. The van der Waals surface area contributed by atoms with Gasteiger partial charge in [0.1, 0.15) is 12.2 Å². The Balaban J connectivity index is 1.91. The number of nitrogens with zero attached hydrogens (tertiary/aromatic N) is 1. The van der Waals surface area contributed by atoms with E-state index in [-0.39, 0.29) is 26.1 Å². The highest BCUT2D eigenvalue weighted by Crippen LogP contribution is 2.22. The van der Waals surface area contributed by atoms with Crippen LogP contribution in [0.15, 0.2) is 30.3 Å². The van der Waals surface area contributed by atoms with Crippen molar-refractivity contribution >= 4 is 18.0 Å². The van der Waals surface area contributed by atoms with Crippen LogP contribution in [0.5, 0.6) is 0 Å². The number of aliphatic carboxylic acids is 1. The maximum Gasteiger partial charge on any atom is 0.408 e. The van der Waals surface area contributed by atoms with E-state index in [2.05, 4.69) is 5.32 Å². The number of esters is 1. The number of carbonyl (C=O) groups excluding carboxylic acids is 2. The molecule has 0 bridgehead atoms. The summed E-state index contributed by atoms with van der Waals surface area (Å²) in [5.41, 5.74) is -1.30. The molecule has 1 aromatic rings. The predicted octanol–water partition coefficient (Wildman–Crippen LogP) is 1.78. The number of carboxylic acid groups (broad SMARTS) is 1. The second kappa shape index (κ2) is 8.39. The molecule has 2 N–H and O–H groups in total. The lowest BCUT2D eigenvalue weighted by Crippen LogP contribution is -2.56. The van der Waals surface area contributed by atoms with Crippen LogP contribution in [0.25, 0.3) is 0 Å². The average molecular weight is 378 g/mol. The summed E-state index contributed by atoms with van der Waals surface area (Å²) in [6.07, 6.45) is -0.633. The number of hydrogen-bond donors (Lipinski definition) is 2. The number of ether oxygens (including phenoxy) is 2. The van der Waals surface area contributed by atoms with Crippen LogP contribution in [0.1, 0.15) is 32.8 Å². The zero-order chi connectivity index (χ0) is 20.1. The SMILES string of the molecule is CC(C)(C)OC(=O)CN1CC[C@@](NC(=O)OCc2ccccc2)(C(=O)O)C1. The normalized spacial score (nSPS) is 20.1. The van der Waals surface area contributed by atoms with Crippen molar-refractivity contribution in [2.24, 2.45) is 0 Å². The lowest BCUT2D eigenvalue weighted by molar-refractivity contribution is -0.156. The second-order valence-corrected chi connectivity index (χ2v) is 7.62. The van der Waals surface area contributed by atoms with Gasteiger partial charge in [-0.3, -0.25) is 9.69 Å². The largest absolute Gasteiger partial charge is 0.479 e. The molecule has 27 heavy (non-hydrogen) atoms. The zero-order valence-electron chi connectivity index (χ0n) is 15.9. The van der Waals surface area contributed by atoms with E-state index in [1.807, 2.05) is 18.2 Å². The third kappa shape index (κ3) is 6.25. The average Bonchev–Trinajstić information content (AvgIpc) is 2.96. The summed E-state index contributed by atoms with van der Waals surface area (Å²) in [5, 5.41) is 12.1. The van der Waals surface area contributed by atoms with E-state index in [0.29, 0.717) is 6.54 Å². The number of amides is 1. The van der Waals surface area contributed by atoms with Crippen LogP contribution in [-0.4, -0.2) is 58.8 Å². The van der Waals surface area contributed by atoms with Gasteiger partial charge in [0.2, 0.25) is 0 Å². The van der Waals surface area contributed by atoms with E-state index in [1.165, 1.54) is 0 Å². The molecule has 0 radical (unpaired) electrons. The van der Waals surface area contributed by atoms with E-state index in [1.54, 1.807) is 37.8 Å². The molecule has 0 aliphatic carbocycles. The van der Waals surface area contributed by atoms with Crippen molar-refractivity contribution in [1.29, 1.82) is 0 Å². The highest BCUT2D eigenvalue weighted by molar-refractivity contribution is 5.85. The first-order chi connectivity index (χ1) is 12.6. The van der Waals surface area contributed by atoms with Gasteiger partial charge < -0.3 is 19.9 Å². The van der Waals surface area contributed by atoms with Crippen LogP contribution in [-0.2, 0) is 25.7 Å². The van der Waals surface area contributed by atoms with E-state index in [0.717, 1.165) is 5.56 Å². The van der Waals surface area contributed by atoms with E-state index in [4.69, 9.17) is 9.47 Å². The molecule has 1 atom stereocenters. The number of rotatable bonds is 6. The summed E-state index contributed by atoms with van der Waals surface area (Å²) in [5.74, 6) is -1.60. The van der Waals surface area contributed by atoms with E-state index >= 15 is 0 Å². The van der Waals surface area contributed by atoms with Crippen molar-refractivity contribution in [2.45, 2.75) is 44.9 Å². The Morgan fingerprint density at radius 3 is 2.48 bits per heavy atom. The minimum absolute atomic E-state index is 0.00200. The standard InChI is InChI=1S/C19H26N2O6/c1-18(2,3)27-15(22)11-21-10-9-19(13-21,16(23)24)20-17(25)26-12-14-7-5-4-6-8-14/h4-8H,9-13H2,1-3H3,(H,20,25)(H,23,24)/t19-/m0/s1. The first-order valence-corrected chi connectivity index (χ1v) is 8.76. The molecule has 1 aliphatic rings. The minimum Gasteiger partial charge on any atom is -0.479 e. The van der Waals surface area contributed by atoms with Crippen LogP contribution >= 0.6 is 0 Å². The molecule has 0 saturated carbocycles. The van der Waals surface area contributed by atoms with Gasteiger partial charge in [0.05, 0.1) is 6.54 Å². The molecule has 1 aromatic carbocycles. The van der Waals surface area contributed by atoms with Gasteiger partial charge in [-0.25, -0.2) is 9.59 Å². The van der Waals surface area contributed by atoms with Gasteiger partial charge in [-0.15, -0.1) is 0 Å². The number of carbonyl (C=O) groups is 3. The number of carboxylic acids is 1. The summed E-state index contributed by atoms with van der Waals surface area (Å²) in [6.45, 7) is 5.66. The molecule has 148 valence electrons. The lowest BCUT2D eigenvalue weighted by Gasteiger charge is -2.26. The molecular weight excluding hydrogens is 352 g/mol. The third-order valence-electron chi connectivity index (χ3n) is 4.08. The predicted molar refractivity (Wildman–Crippen MR) is 97.0 cm³/mol. The fourth-order valence-corrected chi connectivity index (χ4v) is 2.86. The number of benzene rings is 1. The van der Waals surface area contributed by atoms with Gasteiger partial charge in [0.25, 0.3) is 0 Å². The Labute approximate surface area is 158 Å². The molecule has 0 unspecified atom stereocenters. The van der Waals surface area contributed by atoms with Gasteiger partial charge >= 0.3 is 18.0 Å². The van der Waals surface area contributed by atoms with E-state index < -0.39 is 29.2 Å². The van der Waals surface area contributed by atoms with Crippen LogP contribution in [0, 0.1) is 0 Å². The van der Waals surface area contributed by atoms with E-state index in [9.17, 15) is 19.5 Å². The molecule has 0 spiro atoms. The van der Waals surface area contributed by atoms with Gasteiger partial charge in [-0.05, 0) is 32.8 Å². The zero-order valence-corrected chi connectivity index (χ0v) is 15.9. The third-order valence-corrected chi connectivity index (χ3v) is 4.08. The van der Waals surface area contributed by atoms with Crippen molar-refractivity contribution in [2.75, 3.05) is 19.6 Å². The number of likely N-dealkylation sites (tertiary alicyclic amines) is 1. The van der Waals surface area contributed by atoms with Crippen molar-refractivity contribution < 1.29 is 29.0 Å². The topological polar surface area (TPSA) is 105 Å². The number of nitrogens with one attached hydrogen (secondary N) is 1. The molecule has 1 aliphatic heterocycles. The van der Waals surface area contributed by atoms with Gasteiger partial charge in [-0.2, -0.15) is 0 Å². The Hall–Kier alpha value is -2.61. The van der Waals surface area contributed by atoms with Crippen LogP contribution in [0.2, 0.25) is 0 Å². The molecule has 0 aromatic heterocycles. The Morgan fingerprint density at radius 2 is 1.89 bits per heavy atom. The monoisotopic (exact) mass is 378 g/mol. The van der Waals surface area contributed by atoms with Crippen LogP contribution < -0.4 is 5.32 Å². The Bertz CT molecular complexity index is 685. The molecule has 8 nitrogen and oxygen atoms in total. The summed E-state index contributed by atoms with van der Waals surface area (Å²) in [6, 6.07) is 9.10. The minimum atomic E-state index is -1.49. The lowest BCUT2D eigenvalue weighted by atomic mass is 9.99.